The van der Waals surface area contributed by atoms with E-state index in [-0.39, 0.29) is 0 Å². The van der Waals surface area contributed by atoms with E-state index in [4.69, 9.17) is 4.74 Å². The fraction of sp³-hybridized carbons (Fsp3) is 0.500. The third-order valence-electron chi connectivity index (χ3n) is 3.22. The van der Waals surface area contributed by atoms with Crippen LogP contribution in [0.5, 0.6) is 5.75 Å². The van der Waals surface area contributed by atoms with Crippen LogP contribution in [0.2, 0.25) is 0 Å². The van der Waals surface area contributed by atoms with Crippen molar-refractivity contribution in [1.29, 1.82) is 0 Å². The summed E-state index contributed by atoms with van der Waals surface area (Å²) >= 11 is 0. The van der Waals surface area contributed by atoms with Crippen molar-refractivity contribution in [2.45, 2.75) is 25.8 Å². The number of carboxylic acids is 1. The Morgan fingerprint density at radius 2 is 2.17 bits per heavy atom. The van der Waals surface area contributed by atoms with E-state index in [0.29, 0.717) is 6.61 Å². The van der Waals surface area contributed by atoms with E-state index in [0.717, 1.165) is 37.2 Å². The predicted molar refractivity (Wildman–Crippen MR) is 68.8 cm³/mol. The van der Waals surface area contributed by atoms with Crippen LogP contribution >= 0.6 is 0 Å². The summed E-state index contributed by atoms with van der Waals surface area (Å²) in [7, 11) is 0. The van der Waals surface area contributed by atoms with E-state index in [1.807, 2.05) is 36.1 Å². The van der Waals surface area contributed by atoms with Gasteiger partial charge in [0.1, 0.15) is 11.8 Å². The highest BCUT2D eigenvalue weighted by Gasteiger charge is 2.29. The summed E-state index contributed by atoms with van der Waals surface area (Å²) in [6.45, 7) is 4.22. The maximum Gasteiger partial charge on any atom is 0.325 e. The monoisotopic (exact) mass is 249 g/mol. The quantitative estimate of drug-likeness (QED) is 0.870. The lowest BCUT2D eigenvalue weighted by atomic mass is 10.1. The van der Waals surface area contributed by atoms with Crippen molar-refractivity contribution in [2.24, 2.45) is 0 Å². The molecule has 4 heteroatoms. The second kappa shape index (κ2) is 5.87. The Morgan fingerprint density at radius 1 is 1.44 bits per heavy atom. The summed E-state index contributed by atoms with van der Waals surface area (Å²) in [6.07, 6.45) is 2.16. The third kappa shape index (κ3) is 2.82. The fourth-order valence-electron chi connectivity index (χ4n) is 2.45. The van der Waals surface area contributed by atoms with Gasteiger partial charge in [0.05, 0.1) is 6.61 Å². The van der Waals surface area contributed by atoms with Gasteiger partial charge in [-0.05, 0) is 50.6 Å². The van der Waals surface area contributed by atoms with Crippen LogP contribution in [-0.2, 0) is 4.79 Å². The van der Waals surface area contributed by atoms with Gasteiger partial charge in [-0.2, -0.15) is 0 Å². The molecule has 0 aliphatic carbocycles. The lowest BCUT2D eigenvalue weighted by molar-refractivity contribution is -0.143. The Kier molecular flexibility index (Phi) is 4.20. The van der Waals surface area contributed by atoms with Crippen LogP contribution in [0.1, 0.15) is 31.4 Å². The average Bonchev–Trinajstić information content (AvgIpc) is 2.83. The molecule has 0 amide bonds. The molecule has 0 radical (unpaired) electrons. The van der Waals surface area contributed by atoms with Gasteiger partial charge in [-0.3, -0.25) is 9.69 Å². The Morgan fingerprint density at radius 3 is 2.78 bits per heavy atom. The van der Waals surface area contributed by atoms with Gasteiger partial charge in [0.25, 0.3) is 0 Å². The van der Waals surface area contributed by atoms with Crippen molar-refractivity contribution < 1.29 is 14.6 Å². The van der Waals surface area contributed by atoms with Crippen LogP contribution in [0.15, 0.2) is 24.3 Å². The van der Waals surface area contributed by atoms with Crippen molar-refractivity contribution in [3.05, 3.63) is 29.8 Å². The van der Waals surface area contributed by atoms with Crippen LogP contribution in [0, 0.1) is 0 Å². The summed E-state index contributed by atoms with van der Waals surface area (Å²) in [5.74, 6) is -0.0500. The van der Waals surface area contributed by atoms with E-state index in [1.54, 1.807) is 0 Å². The zero-order chi connectivity index (χ0) is 13.0. The Hall–Kier alpha value is -1.55. The maximum absolute atomic E-state index is 11.5. The van der Waals surface area contributed by atoms with E-state index >= 15 is 0 Å². The van der Waals surface area contributed by atoms with Crippen molar-refractivity contribution in [3.63, 3.8) is 0 Å². The van der Waals surface area contributed by atoms with Gasteiger partial charge < -0.3 is 9.84 Å². The minimum atomic E-state index is -0.787. The van der Waals surface area contributed by atoms with Crippen LogP contribution in [-0.4, -0.2) is 35.7 Å². The molecule has 0 spiro atoms. The Balaban J connectivity index is 2.24. The number of hydrogen-bond donors (Lipinski definition) is 1. The number of likely N-dealkylation sites (tertiary alicyclic amines) is 1. The Labute approximate surface area is 107 Å². The van der Waals surface area contributed by atoms with Gasteiger partial charge >= 0.3 is 5.97 Å². The van der Waals surface area contributed by atoms with Crippen molar-refractivity contribution in [1.82, 2.24) is 4.90 Å². The molecule has 18 heavy (non-hydrogen) atoms. The molecule has 0 bridgehead atoms. The second-order valence-electron chi connectivity index (χ2n) is 4.49. The molecule has 98 valence electrons. The topological polar surface area (TPSA) is 49.8 Å². The molecule has 1 aliphatic heterocycles. The van der Waals surface area contributed by atoms with Crippen molar-refractivity contribution in [3.8, 4) is 5.75 Å². The van der Waals surface area contributed by atoms with E-state index in [9.17, 15) is 9.90 Å². The van der Waals surface area contributed by atoms with E-state index in [1.165, 1.54) is 0 Å². The zero-order valence-electron chi connectivity index (χ0n) is 10.6. The molecule has 1 heterocycles. The molecule has 1 atom stereocenters. The van der Waals surface area contributed by atoms with Crippen molar-refractivity contribution in [2.75, 3.05) is 19.7 Å². The smallest absolute Gasteiger partial charge is 0.325 e. The fourth-order valence-corrected chi connectivity index (χ4v) is 2.45. The average molecular weight is 249 g/mol. The summed E-state index contributed by atoms with van der Waals surface area (Å²) in [6, 6.07) is 6.86. The van der Waals surface area contributed by atoms with Gasteiger partial charge in [-0.15, -0.1) is 0 Å². The number of ether oxygens (including phenoxy) is 1. The molecule has 1 aromatic rings. The summed E-state index contributed by atoms with van der Waals surface area (Å²) < 4.78 is 5.43. The summed E-state index contributed by atoms with van der Waals surface area (Å²) in [5, 5.41) is 9.43. The predicted octanol–water partition coefficient (Wildman–Crippen LogP) is 2.31. The molecule has 2 rings (SSSR count). The van der Waals surface area contributed by atoms with E-state index in [2.05, 4.69) is 0 Å². The molecule has 0 aromatic heterocycles. The number of carboxylic acid groups (broad SMARTS) is 1. The van der Waals surface area contributed by atoms with Gasteiger partial charge in [0, 0.05) is 0 Å². The summed E-state index contributed by atoms with van der Waals surface area (Å²) in [4.78, 5) is 13.5. The number of benzene rings is 1. The Bertz CT molecular complexity index is 413. The molecule has 1 N–H and O–H groups in total. The van der Waals surface area contributed by atoms with Crippen molar-refractivity contribution >= 4 is 5.97 Å². The SMILES string of the molecule is CCOc1cccc(C(C(=O)O)N2CCCC2)c1. The van der Waals surface area contributed by atoms with Crippen LogP contribution in [0.25, 0.3) is 0 Å². The minimum absolute atomic E-state index is 0.548. The molecule has 1 aromatic carbocycles. The number of nitrogens with zero attached hydrogens (tertiary/aromatic N) is 1. The number of aliphatic carboxylic acids is 1. The lowest BCUT2D eigenvalue weighted by Gasteiger charge is -2.24. The minimum Gasteiger partial charge on any atom is -0.494 e. The molecule has 0 saturated carbocycles. The summed E-state index contributed by atoms with van der Waals surface area (Å²) in [5.41, 5.74) is 0.801. The third-order valence-corrected chi connectivity index (χ3v) is 3.22. The first-order chi connectivity index (χ1) is 8.72. The molecular weight excluding hydrogens is 230 g/mol. The van der Waals surface area contributed by atoms with Crippen LogP contribution in [0.3, 0.4) is 0 Å². The highest BCUT2D eigenvalue weighted by atomic mass is 16.5. The van der Waals surface area contributed by atoms with E-state index < -0.39 is 12.0 Å². The second-order valence-corrected chi connectivity index (χ2v) is 4.49. The number of carbonyl (C=O) groups is 1. The molecule has 1 fully saturated rings. The molecule has 1 aliphatic rings. The zero-order valence-corrected chi connectivity index (χ0v) is 10.6. The van der Waals surface area contributed by atoms with Crippen LogP contribution in [0.4, 0.5) is 0 Å². The van der Waals surface area contributed by atoms with Gasteiger partial charge in [0.15, 0.2) is 0 Å². The molecule has 1 unspecified atom stereocenters. The first kappa shape index (κ1) is 12.9. The standard InChI is InChI=1S/C14H19NO3/c1-2-18-12-7-5-6-11(10-12)13(14(16)17)15-8-3-4-9-15/h5-7,10,13H,2-4,8-9H2,1H3,(H,16,17). The highest BCUT2D eigenvalue weighted by Crippen LogP contribution is 2.27. The normalized spacial score (nSPS) is 17.6. The highest BCUT2D eigenvalue weighted by molar-refractivity contribution is 5.75. The molecule has 1 saturated heterocycles. The van der Waals surface area contributed by atoms with Crippen LogP contribution < -0.4 is 4.74 Å². The van der Waals surface area contributed by atoms with Gasteiger partial charge in [0.2, 0.25) is 0 Å². The first-order valence-corrected chi connectivity index (χ1v) is 6.42. The molecular formula is C14H19NO3. The number of hydrogen-bond acceptors (Lipinski definition) is 3. The number of rotatable bonds is 5. The van der Waals surface area contributed by atoms with Gasteiger partial charge in [-0.1, -0.05) is 12.1 Å². The largest absolute Gasteiger partial charge is 0.494 e. The maximum atomic E-state index is 11.5. The first-order valence-electron chi connectivity index (χ1n) is 6.42. The molecule has 4 nitrogen and oxygen atoms in total. The lowest BCUT2D eigenvalue weighted by Crippen LogP contribution is -2.31. The van der Waals surface area contributed by atoms with Gasteiger partial charge in [-0.25, -0.2) is 0 Å².